The molecule has 2 rings (SSSR count). The Hall–Kier alpha value is -1.59. The zero-order valence-corrected chi connectivity index (χ0v) is 13.6. The van der Waals surface area contributed by atoms with Crippen LogP contribution in [0.3, 0.4) is 0 Å². The number of fused-ring (bicyclic) bond motifs is 1. The minimum Gasteiger partial charge on any atom is -0.479 e. The zero-order valence-electron chi connectivity index (χ0n) is 13.6. The summed E-state index contributed by atoms with van der Waals surface area (Å²) in [6, 6.07) is 5.71. The third-order valence-electron chi connectivity index (χ3n) is 4.46. The Kier molecular flexibility index (Phi) is 5.42. The highest BCUT2D eigenvalue weighted by Crippen LogP contribution is 2.37. The second-order valence-electron chi connectivity index (χ2n) is 5.80. The van der Waals surface area contributed by atoms with E-state index >= 15 is 0 Å². The van der Waals surface area contributed by atoms with E-state index in [-0.39, 0.29) is 25.1 Å². The Morgan fingerprint density at radius 3 is 2.64 bits per heavy atom. The van der Waals surface area contributed by atoms with E-state index in [1.165, 1.54) is 0 Å². The summed E-state index contributed by atoms with van der Waals surface area (Å²) in [5.74, 6) is 0.944. The fraction of sp³-hybridized carbons (Fsp3) is 0.588. The number of aliphatic hydroxyl groups is 1. The molecule has 0 radical (unpaired) electrons. The minimum absolute atomic E-state index is 0.0641. The lowest BCUT2D eigenvalue weighted by Crippen LogP contribution is -2.45. The smallest absolute Gasteiger partial charge is 0.267 e. The first kappa shape index (κ1) is 16.8. The summed E-state index contributed by atoms with van der Waals surface area (Å²) in [6.45, 7) is 6.18. The van der Waals surface area contributed by atoms with E-state index in [0.29, 0.717) is 17.4 Å². The summed E-state index contributed by atoms with van der Waals surface area (Å²) in [5.41, 5.74) is 8.09. The normalized spacial score (nSPS) is 19.1. The molecule has 5 heteroatoms. The lowest BCUT2D eigenvalue weighted by Gasteiger charge is -2.33. The Bertz CT molecular complexity index is 529. The van der Waals surface area contributed by atoms with Crippen LogP contribution < -0.4 is 15.4 Å². The number of benzene rings is 1. The van der Waals surface area contributed by atoms with Gasteiger partial charge in [0.25, 0.3) is 5.91 Å². The van der Waals surface area contributed by atoms with Gasteiger partial charge in [0.05, 0.1) is 12.3 Å². The first-order valence-corrected chi connectivity index (χ1v) is 8.01. The SMILES string of the molecule is CCC(CC)C(N)c1ccc2c(c1)N(CCO)C(=O)C(C)O2. The lowest BCUT2D eigenvalue weighted by molar-refractivity contribution is -0.125. The van der Waals surface area contributed by atoms with Gasteiger partial charge in [0.15, 0.2) is 6.10 Å². The largest absolute Gasteiger partial charge is 0.479 e. The van der Waals surface area contributed by atoms with Crippen molar-refractivity contribution < 1.29 is 14.6 Å². The first-order chi connectivity index (χ1) is 10.5. The number of aliphatic hydroxyl groups excluding tert-OH is 1. The molecule has 3 N–H and O–H groups in total. The van der Waals surface area contributed by atoms with Gasteiger partial charge in [-0.3, -0.25) is 4.79 Å². The van der Waals surface area contributed by atoms with Crippen molar-refractivity contribution in [1.29, 1.82) is 0 Å². The molecule has 2 atom stereocenters. The molecule has 0 saturated heterocycles. The third-order valence-corrected chi connectivity index (χ3v) is 4.46. The molecule has 0 saturated carbocycles. The number of nitrogens with zero attached hydrogens (tertiary/aromatic N) is 1. The van der Waals surface area contributed by atoms with E-state index in [1.807, 2.05) is 18.2 Å². The van der Waals surface area contributed by atoms with Gasteiger partial charge in [-0.2, -0.15) is 0 Å². The lowest BCUT2D eigenvalue weighted by atomic mass is 9.89. The van der Waals surface area contributed by atoms with Crippen molar-refractivity contribution >= 4 is 11.6 Å². The Labute approximate surface area is 132 Å². The van der Waals surface area contributed by atoms with Gasteiger partial charge in [-0.05, 0) is 30.5 Å². The number of hydrogen-bond donors (Lipinski definition) is 2. The molecule has 0 spiro atoms. The maximum atomic E-state index is 12.3. The number of nitrogens with two attached hydrogens (primary N) is 1. The van der Waals surface area contributed by atoms with Gasteiger partial charge in [0.2, 0.25) is 0 Å². The maximum Gasteiger partial charge on any atom is 0.267 e. The van der Waals surface area contributed by atoms with E-state index in [1.54, 1.807) is 11.8 Å². The molecule has 122 valence electrons. The Morgan fingerprint density at radius 1 is 1.36 bits per heavy atom. The molecular weight excluding hydrogens is 280 g/mol. The number of ether oxygens (including phenoxy) is 1. The highest BCUT2D eigenvalue weighted by atomic mass is 16.5. The van der Waals surface area contributed by atoms with Gasteiger partial charge < -0.3 is 20.5 Å². The van der Waals surface area contributed by atoms with Crippen molar-refractivity contribution in [3.05, 3.63) is 23.8 Å². The van der Waals surface area contributed by atoms with Crippen LogP contribution >= 0.6 is 0 Å². The molecular formula is C17H26N2O3. The Morgan fingerprint density at radius 2 is 2.05 bits per heavy atom. The van der Waals surface area contributed by atoms with E-state index in [0.717, 1.165) is 18.4 Å². The summed E-state index contributed by atoms with van der Waals surface area (Å²) >= 11 is 0. The molecule has 0 aromatic heterocycles. The van der Waals surface area contributed by atoms with Gasteiger partial charge in [-0.15, -0.1) is 0 Å². The number of carbonyl (C=O) groups is 1. The number of amides is 1. The number of anilines is 1. The molecule has 1 aromatic rings. The Balaban J connectivity index is 2.38. The number of β-amino-alcohol motifs (C(OH)–C–C–N with tert-alkyl or cyclic N) is 1. The second kappa shape index (κ2) is 7.11. The number of carbonyl (C=O) groups excluding carboxylic acids is 1. The summed E-state index contributed by atoms with van der Waals surface area (Å²) < 4.78 is 5.65. The van der Waals surface area contributed by atoms with Gasteiger partial charge in [-0.1, -0.05) is 32.8 Å². The van der Waals surface area contributed by atoms with Crippen LogP contribution in [0.2, 0.25) is 0 Å². The van der Waals surface area contributed by atoms with Gasteiger partial charge in [0.1, 0.15) is 5.75 Å². The number of rotatable bonds is 6. The number of hydrogen-bond acceptors (Lipinski definition) is 4. The minimum atomic E-state index is -0.530. The van der Waals surface area contributed by atoms with E-state index in [4.69, 9.17) is 10.5 Å². The van der Waals surface area contributed by atoms with Gasteiger partial charge in [-0.25, -0.2) is 0 Å². The van der Waals surface area contributed by atoms with Gasteiger partial charge in [0, 0.05) is 12.6 Å². The van der Waals surface area contributed by atoms with Crippen LogP contribution in [0.25, 0.3) is 0 Å². The standard InChI is InChI=1S/C17H26N2O3/c1-4-12(5-2)16(18)13-6-7-15-14(10-13)19(8-9-20)17(21)11(3)22-15/h6-7,10-12,16,20H,4-5,8-9,18H2,1-3H3. The molecule has 22 heavy (non-hydrogen) atoms. The molecule has 0 aliphatic carbocycles. The zero-order chi connectivity index (χ0) is 16.3. The summed E-state index contributed by atoms with van der Waals surface area (Å²) in [4.78, 5) is 13.9. The van der Waals surface area contributed by atoms with Crippen LogP contribution in [0, 0.1) is 5.92 Å². The topological polar surface area (TPSA) is 75.8 Å². The van der Waals surface area contributed by atoms with E-state index in [9.17, 15) is 9.90 Å². The fourth-order valence-electron chi connectivity index (χ4n) is 3.03. The van der Waals surface area contributed by atoms with Crippen LogP contribution in [-0.2, 0) is 4.79 Å². The second-order valence-corrected chi connectivity index (χ2v) is 5.80. The van der Waals surface area contributed by atoms with Crippen molar-refractivity contribution in [2.75, 3.05) is 18.1 Å². The maximum absolute atomic E-state index is 12.3. The first-order valence-electron chi connectivity index (χ1n) is 8.01. The van der Waals surface area contributed by atoms with Crippen molar-refractivity contribution in [1.82, 2.24) is 0 Å². The predicted octanol–water partition coefficient (Wildman–Crippen LogP) is 2.23. The molecule has 1 aromatic carbocycles. The van der Waals surface area contributed by atoms with Crippen LogP contribution in [0.4, 0.5) is 5.69 Å². The van der Waals surface area contributed by atoms with Crippen LogP contribution in [0.1, 0.15) is 45.2 Å². The van der Waals surface area contributed by atoms with Crippen LogP contribution in [0.15, 0.2) is 18.2 Å². The molecule has 0 bridgehead atoms. The fourth-order valence-corrected chi connectivity index (χ4v) is 3.03. The van der Waals surface area contributed by atoms with Crippen molar-refractivity contribution in [3.63, 3.8) is 0 Å². The van der Waals surface area contributed by atoms with Crippen molar-refractivity contribution in [2.45, 2.75) is 45.8 Å². The van der Waals surface area contributed by atoms with E-state index in [2.05, 4.69) is 13.8 Å². The molecule has 5 nitrogen and oxygen atoms in total. The average Bonchev–Trinajstić information content (AvgIpc) is 2.52. The highest BCUT2D eigenvalue weighted by Gasteiger charge is 2.32. The average molecular weight is 306 g/mol. The highest BCUT2D eigenvalue weighted by molar-refractivity contribution is 5.99. The molecule has 1 aliphatic rings. The summed E-state index contributed by atoms with van der Waals surface area (Å²) in [7, 11) is 0. The summed E-state index contributed by atoms with van der Waals surface area (Å²) in [5, 5.41) is 9.23. The van der Waals surface area contributed by atoms with Crippen LogP contribution in [0.5, 0.6) is 5.75 Å². The van der Waals surface area contributed by atoms with Crippen molar-refractivity contribution in [2.24, 2.45) is 11.7 Å². The van der Waals surface area contributed by atoms with Crippen molar-refractivity contribution in [3.8, 4) is 5.75 Å². The van der Waals surface area contributed by atoms with Gasteiger partial charge >= 0.3 is 0 Å². The van der Waals surface area contributed by atoms with Crippen LogP contribution in [-0.4, -0.2) is 30.3 Å². The molecule has 1 aliphatic heterocycles. The predicted molar refractivity (Wildman–Crippen MR) is 87.0 cm³/mol. The molecule has 2 unspecified atom stereocenters. The summed E-state index contributed by atoms with van der Waals surface area (Å²) in [6.07, 6.45) is 1.50. The quantitative estimate of drug-likeness (QED) is 0.845. The molecule has 1 amide bonds. The monoisotopic (exact) mass is 306 g/mol. The molecule has 0 fully saturated rings. The molecule has 1 heterocycles. The third kappa shape index (κ3) is 3.10. The van der Waals surface area contributed by atoms with E-state index < -0.39 is 6.10 Å².